The summed E-state index contributed by atoms with van der Waals surface area (Å²) in [4.78, 5) is 17.7. The van der Waals surface area contributed by atoms with Crippen LogP contribution >= 0.6 is 22.9 Å². The third kappa shape index (κ3) is 3.48. The highest BCUT2D eigenvalue weighted by molar-refractivity contribution is 7.12. The number of halogens is 1. The minimum absolute atomic E-state index is 0.0787. The Kier molecular flexibility index (Phi) is 5.39. The van der Waals surface area contributed by atoms with Gasteiger partial charge >= 0.3 is 0 Å². The molecule has 4 nitrogen and oxygen atoms in total. The van der Waals surface area contributed by atoms with E-state index in [0.29, 0.717) is 28.5 Å². The van der Waals surface area contributed by atoms with Crippen LogP contribution in [-0.2, 0) is 0 Å². The van der Waals surface area contributed by atoms with Crippen LogP contribution in [0.5, 0.6) is 0 Å². The lowest BCUT2D eigenvalue weighted by Crippen LogP contribution is -2.52. The summed E-state index contributed by atoms with van der Waals surface area (Å²) in [5.41, 5.74) is 0. The molecular formula is C16H23ClN2O2S. The van der Waals surface area contributed by atoms with Crippen molar-refractivity contribution in [2.45, 2.75) is 31.7 Å². The number of aliphatic hydroxyl groups is 1. The molecule has 22 heavy (non-hydrogen) atoms. The molecule has 122 valence electrons. The van der Waals surface area contributed by atoms with E-state index in [1.54, 1.807) is 6.07 Å². The first-order valence-corrected chi connectivity index (χ1v) is 9.32. The summed E-state index contributed by atoms with van der Waals surface area (Å²) >= 11 is 7.53. The molecule has 1 amide bonds. The lowest BCUT2D eigenvalue weighted by Gasteiger charge is -2.42. The number of hydrogen-bond acceptors (Lipinski definition) is 4. The second kappa shape index (κ2) is 7.30. The molecule has 3 rings (SSSR count). The van der Waals surface area contributed by atoms with Gasteiger partial charge in [-0.3, -0.25) is 9.69 Å². The number of rotatable bonds is 3. The fourth-order valence-corrected chi connectivity index (χ4v) is 4.63. The third-order valence-corrected chi connectivity index (χ3v) is 6.25. The van der Waals surface area contributed by atoms with Crippen LogP contribution in [0.4, 0.5) is 0 Å². The average Bonchev–Trinajstić information content (AvgIpc) is 3.00. The number of aliphatic hydroxyl groups excluding tert-OH is 1. The van der Waals surface area contributed by atoms with Gasteiger partial charge in [0.1, 0.15) is 4.88 Å². The molecule has 0 aromatic carbocycles. The maximum absolute atomic E-state index is 12.6. The van der Waals surface area contributed by atoms with Crippen molar-refractivity contribution in [2.24, 2.45) is 5.92 Å². The Morgan fingerprint density at radius 3 is 2.73 bits per heavy atom. The fourth-order valence-electron chi connectivity index (χ4n) is 3.53. The number of carbonyl (C=O) groups is 1. The Balaban J connectivity index is 1.60. The Morgan fingerprint density at radius 2 is 2.09 bits per heavy atom. The molecule has 2 saturated heterocycles. The van der Waals surface area contributed by atoms with Crippen molar-refractivity contribution < 1.29 is 9.90 Å². The highest BCUT2D eigenvalue weighted by atomic mass is 35.5. The lowest BCUT2D eigenvalue weighted by molar-refractivity contribution is 0.0449. The highest BCUT2D eigenvalue weighted by Crippen LogP contribution is 2.27. The van der Waals surface area contributed by atoms with Crippen molar-refractivity contribution in [1.29, 1.82) is 0 Å². The monoisotopic (exact) mass is 342 g/mol. The van der Waals surface area contributed by atoms with Gasteiger partial charge in [0.25, 0.3) is 5.91 Å². The Labute approximate surface area is 140 Å². The number of piperidine rings is 2. The van der Waals surface area contributed by atoms with Crippen LogP contribution < -0.4 is 0 Å². The summed E-state index contributed by atoms with van der Waals surface area (Å²) in [6.45, 7) is 4.02. The van der Waals surface area contributed by atoms with Gasteiger partial charge in [0.2, 0.25) is 0 Å². The molecule has 1 aromatic heterocycles. The van der Waals surface area contributed by atoms with Crippen molar-refractivity contribution in [3.8, 4) is 0 Å². The van der Waals surface area contributed by atoms with E-state index in [-0.39, 0.29) is 5.91 Å². The summed E-state index contributed by atoms with van der Waals surface area (Å²) in [7, 11) is 0. The first-order valence-electron chi connectivity index (χ1n) is 8.06. The van der Waals surface area contributed by atoms with Crippen LogP contribution in [0.15, 0.2) is 11.4 Å². The fraction of sp³-hybridized carbons (Fsp3) is 0.688. The van der Waals surface area contributed by atoms with Crippen molar-refractivity contribution in [1.82, 2.24) is 9.80 Å². The largest absolute Gasteiger partial charge is 0.396 e. The van der Waals surface area contributed by atoms with Gasteiger partial charge in [-0.1, -0.05) is 11.6 Å². The summed E-state index contributed by atoms with van der Waals surface area (Å²) in [6, 6.07) is 2.25. The van der Waals surface area contributed by atoms with Crippen LogP contribution in [-0.4, -0.2) is 59.6 Å². The molecule has 1 aromatic rings. The van der Waals surface area contributed by atoms with E-state index in [0.717, 1.165) is 51.9 Å². The molecule has 2 aliphatic rings. The molecule has 2 fully saturated rings. The standard InChI is InChI=1S/C16H23ClN2O2S/c17-14-5-9-22-15(14)16(21)19-6-1-2-13(10-19)18-7-3-12(11-20)4-8-18/h5,9,12-13,20H,1-4,6-8,10-11H2/t13-/m0/s1. The number of carbonyl (C=O) groups excluding carboxylic acids is 1. The molecule has 0 aliphatic carbocycles. The Hall–Kier alpha value is -0.620. The Bertz CT molecular complexity index is 514. The smallest absolute Gasteiger partial charge is 0.265 e. The zero-order chi connectivity index (χ0) is 15.5. The van der Waals surface area contributed by atoms with Gasteiger partial charge in [-0.2, -0.15) is 0 Å². The summed E-state index contributed by atoms with van der Waals surface area (Å²) in [5, 5.41) is 11.7. The SMILES string of the molecule is O=C(c1sccc1Cl)N1CCC[C@H](N2CCC(CO)CC2)C1. The molecule has 2 aliphatic heterocycles. The van der Waals surface area contributed by atoms with E-state index in [2.05, 4.69) is 4.90 Å². The predicted octanol–water partition coefficient (Wildman–Crippen LogP) is 2.71. The van der Waals surface area contributed by atoms with Crippen LogP contribution in [0, 0.1) is 5.92 Å². The van der Waals surface area contributed by atoms with Gasteiger partial charge in [0, 0.05) is 25.7 Å². The normalized spacial score (nSPS) is 24.6. The molecule has 6 heteroatoms. The Morgan fingerprint density at radius 1 is 1.32 bits per heavy atom. The first-order chi connectivity index (χ1) is 10.7. The lowest BCUT2D eigenvalue weighted by atomic mass is 9.94. The van der Waals surface area contributed by atoms with Gasteiger partial charge in [0.05, 0.1) is 5.02 Å². The molecule has 3 heterocycles. The quantitative estimate of drug-likeness (QED) is 0.918. The van der Waals surface area contributed by atoms with Crippen LogP contribution in [0.25, 0.3) is 0 Å². The number of thiophene rings is 1. The zero-order valence-corrected chi connectivity index (χ0v) is 14.3. The molecule has 1 atom stereocenters. The minimum atomic E-state index is 0.0787. The summed E-state index contributed by atoms with van der Waals surface area (Å²) in [6.07, 6.45) is 4.35. The van der Waals surface area contributed by atoms with E-state index in [1.165, 1.54) is 11.3 Å². The molecular weight excluding hydrogens is 320 g/mol. The maximum atomic E-state index is 12.6. The van der Waals surface area contributed by atoms with E-state index >= 15 is 0 Å². The predicted molar refractivity (Wildman–Crippen MR) is 89.6 cm³/mol. The van der Waals surface area contributed by atoms with E-state index in [9.17, 15) is 9.90 Å². The van der Waals surface area contributed by atoms with Gasteiger partial charge in [0.15, 0.2) is 0 Å². The minimum Gasteiger partial charge on any atom is -0.396 e. The molecule has 0 bridgehead atoms. The molecule has 0 unspecified atom stereocenters. The maximum Gasteiger partial charge on any atom is 0.265 e. The van der Waals surface area contributed by atoms with Gasteiger partial charge < -0.3 is 10.0 Å². The van der Waals surface area contributed by atoms with E-state index in [4.69, 9.17) is 11.6 Å². The first kappa shape index (κ1) is 16.2. The number of hydrogen-bond donors (Lipinski definition) is 1. The summed E-state index contributed by atoms with van der Waals surface area (Å²) in [5.74, 6) is 0.539. The number of amides is 1. The van der Waals surface area contributed by atoms with Crippen molar-refractivity contribution in [3.63, 3.8) is 0 Å². The van der Waals surface area contributed by atoms with Gasteiger partial charge in [-0.15, -0.1) is 11.3 Å². The van der Waals surface area contributed by atoms with Crippen molar-refractivity contribution in [3.05, 3.63) is 21.3 Å². The second-order valence-electron chi connectivity index (χ2n) is 6.31. The van der Waals surface area contributed by atoms with Gasteiger partial charge in [-0.05, 0) is 56.1 Å². The van der Waals surface area contributed by atoms with E-state index < -0.39 is 0 Å². The van der Waals surface area contributed by atoms with E-state index in [1.807, 2.05) is 10.3 Å². The molecule has 0 saturated carbocycles. The average molecular weight is 343 g/mol. The van der Waals surface area contributed by atoms with Crippen molar-refractivity contribution in [2.75, 3.05) is 32.8 Å². The third-order valence-electron chi connectivity index (χ3n) is 4.92. The highest BCUT2D eigenvalue weighted by Gasteiger charge is 2.31. The van der Waals surface area contributed by atoms with Crippen LogP contribution in [0.3, 0.4) is 0 Å². The molecule has 0 spiro atoms. The molecule has 0 radical (unpaired) electrons. The molecule has 1 N–H and O–H groups in total. The van der Waals surface area contributed by atoms with Gasteiger partial charge in [-0.25, -0.2) is 0 Å². The second-order valence-corrected chi connectivity index (χ2v) is 7.63. The van der Waals surface area contributed by atoms with Crippen LogP contribution in [0.2, 0.25) is 5.02 Å². The number of likely N-dealkylation sites (tertiary alicyclic amines) is 2. The summed E-state index contributed by atoms with van der Waals surface area (Å²) < 4.78 is 0. The topological polar surface area (TPSA) is 43.8 Å². The number of nitrogens with zero attached hydrogens (tertiary/aromatic N) is 2. The zero-order valence-electron chi connectivity index (χ0n) is 12.7. The van der Waals surface area contributed by atoms with Crippen LogP contribution in [0.1, 0.15) is 35.4 Å². The van der Waals surface area contributed by atoms with Crippen molar-refractivity contribution >= 4 is 28.8 Å².